The predicted molar refractivity (Wildman–Crippen MR) is 138 cm³/mol. The molecule has 7 heteroatoms. The third-order valence-electron chi connectivity index (χ3n) is 6.86. The van der Waals surface area contributed by atoms with Crippen molar-refractivity contribution in [3.63, 3.8) is 0 Å². The van der Waals surface area contributed by atoms with Gasteiger partial charge in [0.15, 0.2) is 5.78 Å². The molecule has 6 rings (SSSR count). The van der Waals surface area contributed by atoms with Gasteiger partial charge in [-0.2, -0.15) is 0 Å². The molecule has 2 aliphatic rings. The largest absolute Gasteiger partial charge is 0.481 e. The van der Waals surface area contributed by atoms with E-state index in [0.29, 0.717) is 40.9 Å². The van der Waals surface area contributed by atoms with E-state index in [0.717, 1.165) is 28.1 Å². The molecule has 0 saturated heterocycles. The first-order valence-corrected chi connectivity index (χ1v) is 12.4. The summed E-state index contributed by atoms with van der Waals surface area (Å²) in [7, 11) is 0. The highest BCUT2D eigenvalue weighted by Gasteiger charge is 2.32. The van der Waals surface area contributed by atoms with Crippen molar-refractivity contribution in [2.24, 2.45) is 0 Å². The van der Waals surface area contributed by atoms with Crippen molar-refractivity contribution in [1.29, 1.82) is 0 Å². The Bertz CT molecular complexity index is 1560. The average molecular weight is 483 g/mol. The molecule has 1 aliphatic heterocycles. The summed E-state index contributed by atoms with van der Waals surface area (Å²) in [5, 5.41) is 13.8. The van der Waals surface area contributed by atoms with Crippen LogP contribution in [0.2, 0.25) is 0 Å². The van der Waals surface area contributed by atoms with E-state index >= 15 is 0 Å². The first kappa shape index (κ1) is 21.6. The number of thiophene rings is 1. The lowest BCUT2D eigenvalue weighted by Gasteiger charge is -2.14. The Morgan fingerprint density at radius 1 is 1.11 bits per heavy atom. The highest BCUT2D eigenvalue weighted by atomic mass is 32.1. The number of ketones is 1. The van der Waals surface area contributed by atoms with Crippen LogP contribution in [0.4, 0.5) is 5.69 Å². The second-order valence-corrected chi connectivity index (χ2v) is 10.1. The summed E-state index contributed by atoms with van der Waals surface area (Å²) in [5.74, 6) is -2.18. The number of carbonyl (C=O) groups is 3. The molecular weight excluding hydrogens is 460 g/mol. The lowest BCUT2D eigenvalue weighted by molar-refractivity contribution is -0.138. The minimum absolute atomic E-state index is 0.0430. The van der Waals surface area contributed by atoms with Crippen LogP contribution in [-0.2, 0) is 16.0 Å². The Morgan fingerprint density at radius 2 is 1.94 bits per heavy atom. The second kappa shape index (κ2) is 8.06. The van der Waals surface area contributed by atoms with Crippen LogP contribution in [-0.4, -0.2) is 27.8 Å². The third kappa shape index (κ3) is 3.51. The molecule has 2 aromatic carbocycles. The normalized spacial score (nSPS) is 16.9. The Hall–Kier alpha value is -3.97. The zero-order valence-corrected chi connectivity index (χ0v) is 19.8. The standard InChI is InChI=1S/C28H22N2O4S/c1-14(28(33)34)25-21(29-20-6-4-7-22(31)26(20)25)13-18-17-11-16(9-10-19(17)30-27(18)32)24-12-15-5-2-3-8-23(15)35-24/h2-3,5,8-14,29H,4,6-7H2,1H3,(H,30,32)(H,33,34)/b18-13-. The van der Waals surface area contributed by atoms with Gasteiger partial charge in [-0.25, -0.2) is 0 Å². The average Bonchev–Trinajstić information content (AvgIpc) is 3.52. The summed E-state index contributed by atoms with van der Waals surface area (Å²) in [6.45, 7) is 1.58. The number of carbonyl (C=O) groups excluding carboxylic acids is 2. The van der Waals surface area contributed by atoms with Crippen LogP contribution in [0.1, 0.15) is 58.6 Å². The van der Waals surface area contributed by atoms with Gasteiger partial charge in [-0.05, 0) is 61.1 Å². The molecule has 1 atom stereocenters. The van der Waals surface area contributed by atoms with E-state index in [-0.39, 0.29) is 11.7 Å². The maximum absolute atomic E-state index is 13.0. The van der Waals surface area contributed by atoms with Gasteiger partial charge in [-0.15, -0.1) is 11.3 Å². The number of aromatic amines is 1. The zero-order valence-electron chi connectivity index (χ0n) is 19.0. The number of H-pyrrole nitrogens is 1. The number of aliphatic carboxylic acids is 1. The van der Waals surface area contributed by atoms with Gasteiger partial charge in [0, 0.05) is 49.8 Å². The van der Waals surface area contributed by atoms with E-state index in [1.807, 2.05) is 30.3 Å². The Labute approximate surface area is 205 Å². The van der Waals surface area contributed by atoms with Crippen molar-refractivity contribution in [3.05, 3.63) is 76.6 Å². The van der Waals surface area contributed by atoms with Crippen LogP contribution in [0.15, 0.2) is 48.5 Å². The summed E-state index contributed by atoms with van der Waals surface area (Å²) >= 11 is 1.70. The van der Waals surface area contributed by atoms with Crippen molar-refractivity contribution < 1.29 is 19.5 Å². The summed E-state index contributed by atoms with van der Waals surface area (Å²) in [5.41, 5.74) is 5.16. The van der Waals surface area contributed by atoms with Crippen LogP contribution in [0.3, 0.4) is 0 Å². The smallest absolute Gasteiger partial charge is 0.310 e. The molecule has 1 aliphatic carbocycles. The number of carboxylic acids is 1. The predicted octanol–water partition coefficient (Wildman–Crippen LogP) is 6.10. The molecule has 0 radical (unpaired) electrons. The SMILES string of the molecule is CC(C(=O)O)c1c(/C=C2\C(=O)Nc3ccc(-c4cc5ccccc5s4)cc32)[nH]c2c1C(=O)CCC2. The monoisotopic (exact) mass is 482 g/mol. The van der Waals surface area contributed by atoms with E-state index in [1.165, 1.54) is 10.1 Å². The van der Waals surface area contributed by atoms with Gasteiger partial charge in [0.2, 0.25) is 0 Å². The van der Waals surface area contributed by atoms with Gasteiger partial charge in [-0.3, -0.25) is 14.4 Å². The Balaban J connectivity index is 1.49. The summed E-state index contributed by atoms with van der Waals surface area (Å²) in [6.07, 6.45) is 3.52. The number of carboxylic acid groups (broad SMARTS) is 1. The molecule has 1 unspecified atom stereocenters. The molecule has 0 saturated carbocycles. The number of fused-ring (bicyclic) bond motifs is 3. The van der Waals surface area contributed by atoms with Crippen LogP contribution in [0, 0.1) is 0 Å². The second-order valence-electron chi connectivity index (χ2n) is 9.06. The molecule has 3 N–H and O–H groups in total. The minimum Gasteiger partial charge on any atom is -0.481 e. The molecule has 0 fully saturated rings. The Morgan fingerprint density at radius 3 is 2.74 bits per heavy atom. The minimum atomic E-state index is -1.01. The van der Waals surface area contributed by atoms with Crippen molar-refractivity contribution in [2.45, 2.75) is 32.1 Å². The van der Waals surface area contributed by atoms with Gasteiger partial charge in [-0.1, -0.05) is 24.3 Å². The molecule has 6 nitrogen and oxygen atoms in total. The maximum Gasteiger partial charge on any atom is 0.310 e. The van der Waals surface area contributed by atoms with E-state index in [2.05, 4.69) is 28.5 Å². The number of anilines is 1. The van der Waals surface area contributed by atoms with E-state index in [4.69, 9.17) is 0 Å². The van der Waals surface area contributed by atoms with Crippen molar-refractivity contribution in [1.82, 2.24) is 4.98 Å². The number of rotatable bonds is 4. The van der Waals surface area contributed by atoms with Crippen molar-refractivity contribution >= 4 is 56.4 Å². The van der Waals surface area contributed by atoms with Crippen molar-refractivity contribution in [3.8, 4) is 10.4 Å². The highest BCUT2D eigenvalue weighted by molar-refractivity contribution is 7.22. The molecule has 174 valence electrons. The topological polar surface area (TPSA) is 99.3 Å². The van der Waals surface area contributed by atoms with E-state index in [1.54, 1.807) is 24.3 Å². The molecule has 2 aromatic heterocycles. The Kier molecular flexibility index (Phi) is 4.96. The van der Waals surface area contributed by atoms with E-state index in [9.17, 15) is 19.5 Å². The van der Waals surface area contributed by atoms with Crippen molar-refractivity contribution in [2.75, 3.05) is 5.32 Å². The molecule has 1 amide bonds. The number of hydrogen-bond donors (Lipinski definition) is 3. The highest BCUT2D eigenvalue weighted by Crippen LogP contribution is 2.41. The summed E-state index contributed by atoms with van der Waals surface area (Å²) in [6, 6.07) is 16.2. The first-order chi connectivity index (χ1) is 16.9. The third-order valence-corrected chi connectivity index (χ3v) is 8.03. The van der Waals surface area contributed by atoms with Crippen LogP contribution < -0.4 is 5.32 Å². The van der Waals surface area contributed by atoms with Crippen LogP contribution in [0.25, 0.3) is 32.2 Å². The number of aromatic nitrogens is 1. The van der Waals surface area contributed by atoms with Gasteiger partial charge in [0.1, 0.15) is 0 Å². The summed E-state index contributed by atoms with van der Waals surface area (Å²) in [4.78, 5) is 42.0. The number of nitrogens with one attached hydrogen (secondary N) is 2. The van der Waals surface area contributed by atoms with Crippen LogP contribution >= 0.6 is 11.3 Å². The molecule has 0 spiro atoms. The van der Waals surface area contributed by atoms with Gasteiger partial charge >= 0.3 is 5.97 Å². The fourth-order valence-electron chi connectivity index (χ4n) is 5.09. The van der Waals surface area contributed by atoms with Gasteiger partial charge < -0.3 is 15.4 Å². The number of hydrogen-bond acceptors (Lipinski definition) is 4. The van der Waals surface area contributed by atoms with E-state index < -0.39 is 11.9 Å². The fraction of sp³-hybridized carbons (Fsp3) is 0.179. The zero-order chi connectivity index (χ0) is 24.3. The number of amides is 1. The molecule has 0 bridgehead atoms. The number of aryl methyl sites for hydroxylation is 1. The molecule has 3 heterocycles. The fourth-order valence-corrected chi connectivity index (χ4v) is 6.15. The molecular formula is C28H22N2O4S. The first-order valence-electron chi connectivity index (χ1n) is 11.6. The lowest BCUT2D eigenvalue weighted by atomic mass is 9.87. The summed E-state index contributed by atoms with van der Waals surface area (Å²) < 4.78 is 1.20. The van der Waals surface area contributed by atoms with Gasteiger partial charge in [0.05, 0.1) is 11.5 Å². The quantitative estimate of drug-likeness (QED) is 0.306. The molecule has 4 aromatic rings. The maximum atomic E-state index is 13.0. The lowest BCUT2D eigenvalue weighted by Crippen LogP contribution is -2.15. The van der Waals surface area contributed by atoms with Crippen LogP contribution in [0.5, 0.6) is 0 Å². The van der Waals surface area contributed by atoms with Gasteiger partial charge in [0.25, 0.3) is 5.91 Å². The molecule has 35 heavy (non-hydrogen) atoms. The number of benzene rings is 2. The number of Topliss-reactive ketones (excluding diaryl/α,β-unsaturated/α-hetero) is 1.